The zero-order valence-electron chi connectivity index (χ0n) is 16.8. The van der Waals surface area contributed by atoms with Gasteiger partial charge in [-0.05, 0) is 37.1 Å². The van der Waals surface area contributed by atoms with E-state index in [4.69, 9.17) is 14.0 Å². The molecule has 0 unspecified atom stereocenters. The quantitative estimate of drug-likeness (QED) is 0.593. The van der Waals surface area contributed by atoms with Gasteiger partial charge in [-0.1, -0.05) is 23.4 Å². The molecule has 8 nitrogen and oxygen atoms in total. The van der Waals surface area contributed by atoms with Crippen molar-refractivity contribution in [3.05, 3.63) is 54.4 Å². The summed E-state index contributed by atoms with van der Waals surface area (Å²) in [6.07, 6.45) is 1.51. The fourth-order valence-electron chi connectivity index (χ4n) is 3.56. The molecule has 4 rings (SSSR count). The van der Waals surface area contributed by atoms with Gasteiger partial charge in [0.15, 0.2) is 0 Å². The first-order chi connectivity index (χ1) is 14.5. The van der Waals surface area contributed by atoms with Crippen LogP contribution in [-0.2, 0) is 10.0 Å². The van der Waals surface area contributed by atoms with Gasteiger partial charge in [0.1, 0.15) is 11.5 Å². The lowest BCUT2D eigenvalue weighted by atomic mass is 10.00. The molecular weight excluding hydrogens is 406 g/mol. The van der Waals surface area contributed by atoms with Crippen molar-refractivity contribution >= 4 is 10.0 Å². The van der Waals surface area contributed by atoms with Crippen LogP contribution in [0, 0.1) is 0 Å². The number of nitrogens with zero attached hydrogens (tertiary/aromatic N) is 3. The molecule has 1 atom stereocenters. The van der Waals surface area contributed by atoms with E-state index in [1.165, 1.54) is 4.31 Å². The third-order valence-corrected chi connectivity index (χ3v) is 7.05. The second-order valence-electron chi connectivity index (χ2n) is 7.07. The van der Waals surface area contributed by atoms with Crippen molar-refractivity contribution in [1.29, 1.82) is 0 Å². The predicted octanol–water partition coefficient (Wildman–Crippen LogP) is 3.32. The molecule has 9 heteroatoms. The van der Waals surface area contributed by atoms with Crippen molar-refractivity contribution in [2.24, 2.45) is 0 Å². The van der Waals surface area contributed by atoms with Crippen molar-refractivity contribution in [3.8, 4) is 22.9 Å². The van der Waals surface area contributed by atoms with Crippen molar-refractivity contribution in [2.45, 2.75) is 23.7 Å². The topological polar surface area (TPSA) is 94.8 Å². The molecule has 0 saturated carbocycles. The van der Waals surface area contributed by atoms with Gasteiger partial charge in [-0.25, -0.2) is 8.42 Å². The van der Waals surface area contributed by atoms with Gasteiger partial charge in [-0.2, -0.15) is 9.29 Å². The van der Waals surface area contributed by atoms with Gasteiger partial charge in [0.05, 0.1) is 25.0 Å². The van der Waals surface area contributed by atoms with Gasteiger partial charge in [-0.3, -0.25) is 0 Å². The highest BCUT2D eigenvalue weighted by atomic mass is 32.2. The smallest absolute Gasteiger partial charge is 0.243 e. The van der Waals surface area contributed by atoms with Crippen molar-refractivity contribution < 1.29 is 22.4 Å². The molecule has 1 saturated heterocycles. The molecule has 1 aliphatic heterocycles. The Morgan fingerprint density at radius 2 is 1.77 bits per heavy atom. The zero-order valence-corrected chi connectivity index (χ0v) is 17.6. The van der Waals surface area contributed by atoms with Crippen LogP contribution in [0.5, 0.6) is 11.5 Å². The summed E-state index contributed by atoms with van der Waals surface area (Å²) in [6.45, 7) is 0.780. The molecule has 0 bridgehead atoms. The van der Waals surface area contributed by atoms with E-state index in [0.717, 1.165) is 12.8 Å². The molecule has 0 aliphatic carbocycles. The predicted molar refractivity (Wildman–Crippen MR) is 110 cm³/mol. The molecule has 2 aromatic carbocycles. The second kappa shape index (κ2) is 8.45. The molecule has 2 heterocycles. The summed E-state index contributed by atoms with van der Waals surface area (Å²) in [5, 5.41) is 4.09. The lowest BCUT2D eigenvalue weighted by molar-refractivity contribution is 0.265. The first kappa shape index (κ1) is 20.4. The molecule has 0 amide bonds. The van der Waals surface area contributed by atoms with E-state index in [-0.39, 0.29) is 5.92 Å². The van der Waals surface area contributed by atoms with E-state index >= 15 is 0 Å². The summed E-state index contributed by atoms with van der Waals surface area (Å²) in [7, 11) is -0.409. The van der Waals surface area contributed by atoms with Crippen LogP contribution in [0.2, 0.25) is 0 Å². The molecule has 1 fully saturated rings. The first-order valence-electron chi connectivity index (χ1n) is 9.63. The van der Waals surface area contributed by atoms with Crippen LogP contribution in [-0.4, -0.2) is 50.2 Å². The van der Waals surface area contributed by atoms with Crippen molar-refractivity contribution in [3.63, 3.8) is 0 Å². The number of hydrogen-bond acceptors (Lipinski definition) is 7. The van der Waals surface area contributed by atoms with E-state index in [1.807, 2.05) is 0 Å². The Morgan fingerprint density at radius 3 is 2.43 bits per heavy atom. The van der Waals surface area contributed by atoms with Crippen LogP contribution < -0.4 is 9.47 Å². The highest BCUT2D eigenvalue weighted by Crippen LogP contribution is 2.32. The highest BCUT2D eigenvalue weighted by Gasteiger charge is 2.33. The SMILES string of the molecule is COc1cc(OC)cc(-c2noc([C@H]3CCCN(S(=O)(=O)c4ccccc4)C3)n2)c1. The van der Waals surface area contributed by atoms with E-state index in [1.54, 1.807) is 62.8 Å². The fourth-order valence-corrected chi connectivity index (χ4v) is 5.10. The highest BCUT2D eigenvalue weighted by molar-refractivity contribution is 7.89. The molecular formula is C21H23N3O5S. The maximum Gasteiger partial charge on any atom is 0.243 e. The van der Waals surface area contributed by atoms with Gasteiger partial charge in [-0.15, -0.1) is 0 Å². The van der Waals surface area contributed by atoms with Crippen LogP contribution in [0.25, 0.3) is 11.4 Å². The number of sulfonamides is 1. The normalized spacial score (nSPS) is 17.6. The number of hydrogen-bond donors (Lipinski definition) is 0. The minimum absolute atomic E-state index is 0.161. The molecule has 0 radical (unpaired) electrons. The summed E-state index contributed by atoms with van der Waals surface area (Å²) in [6, 6.07) is 13.8. The number of ether oxygens (including phenoxy) is 2. The Bertz CT molecular complexity index is 1090. The summed E-state index contributed by atoms with van der Waals surface area (Å²) in [4.78, 5) is 4.83. The number of piperidine rings is 1. The minimum atomic E-state index is -3.56. The lowest BCUT2D eigenvalue weighted by Crippen LogP contribution is -2.39. The molecule has 158 valence electrons. The molecule has 30 heavy (non-hydrogen) atoms. The Morgan fingerprint density at radius 1 is 1.07 bits per heavy atom. The van der Waals surface area contributed by atoms with Crippen LogP contribution in [0.3, 0.4) is 0 Å². The Balaban J connectivity index is 1.57. The third kappa shape index (κ3) is 4.03. The van der Waals surface area contributed by atoms with Gasteiger partial charge >= 0.3 is 0 Å². The molecule has 0 N–H and O–H groups in total. The van der Waals surface area contributed by atoms with Crippen LogP contribution in [0.1, 0.15) is 24.7 Å². The van der Waals surface area contributed by atoms with Crippen molar-refractivity contribution in [2.75, 3.05) is 27.3 Å². The monoisotopic (exact) mass is 429 g/mol. The number of benzene rings is 2. The van der Waals surface area contributed by atoms with E-state index in [0.29, 0.717) is 46.8 Å². The fraction of sp³-hybridized carbons (Fsp3) is 0.333. The minimum Gasteiger partial charge on any atom is -0.497 e. The zero-order chi connectivity index (χ0) is 21.1. The van der Waals surface area contributed by atoms with E-state index in [2.05, 4.69) is 10.1 Å². The Labute approximate surface area is 175 Å². The van der Waals surface area contributed by atoms with Crippen molar-refractivity contribution in [1.82, 2.24) is 14.4 Å². The number of rotatable bonds is 6. The van der Waals surface area contributed by atoms with Gasteiger partial charge in [0, 0.05) is 24.7 Å². The summed E-state index contributed by atoms with van der Waals surface area (Å²) >= 11 is 0. The Hall–Kier alpha value is -2.91. The third-order valence-electron chi connectivity index (χ3n) is 5.17. The largest absolute Gasteiger partial charge is 0.497 e. The number of aromatic nitrogens is 2. The average Bonchev–Trinajstić information content (AvgIpc) is 3.30. The second-order valence-corrected chi connectivity index (χ2v) is 9.01. The molecule has 3 aromatic rings. The molecule has 1 aliphatic rings. The summed E-state index contributed by atoms with van der Waals surface area (Å²) in [5.74, 6) is 1.91. The van der Waals surface area contributed by atoms with Crippen LogP contribution >= 0.6 is 0 Å². The summed E-state index contributed by atoms with van der Waals surface area (Å²) < 4.78 is 43.5. The first-order valence-corrected chi connectivity index (χ1v) is 11.1. The van der Waals surface area contributed by atoms with Crippen LogP contribution in [0.4, 0.5) is 0 Å². The van der Waals surface area contributed by atoms with Gasteiger partial charge in [0.25, 0.3) is 0 Å². The van der Waals surface area contributed by atoms with Crippen LogP contribution in [0.15, 0.2) is 57.9 Å². The van der Waals surface area contributed by atoms with Gasteiger partial charge in [0.2, 0.25) is 21.7 Å². The number of methoxy groups -OCH3 is 2. The Kier molecular flexibility index (Phi) is 5.74. The van der Waals surface area contributed by atoms with Gasteiger partial charge < -0.3 is 14.0 Å². The maximum absolute atomic E-state index is 13.0. The summed E-state index contributed by atoms with van der Waals surface area (Å²) in [5.41, 5.74) is 0.700. The molecule has 1 aromatic heterocycles. The maximum atomic E-state index is 13.0. The standard InChI is InChI=1S/C21H23N3O5S/c1-27-17-11-16(12-18(13-17)28-2)20-22-21(29-23-20)15-7-6-10-24(14-15)30(25,26)19-8-4-3-5-9-19/h3-5,8-9,11-13,15H,6-7,10,14H2,1-2H3/t15-/m0/s1. The molecule has 0 spiro atoms. The lowest BCUT2D eigenvalue weighted by Gasteiger charge is -2.30. The van der Waals surface area contributed by atoms with E-state index in [9.17, 15) is 8.42 Å². The van der Waals surface area contributed by atoms with E-state index < -0.39 is 10.0 Å². The average molecular weight is 429 g/mol.